The molecule has 2 amide bonds. The quantitative estimate of drug-likeness (QED) is 0.809. The molecule has 0 radical (unpaired) electrons. The Labute approximate surface area is 130 Å². The molecule has 1 saturated heterocycles. The molecule has 1 aliphatic rings. The van der Waals surface area contributed by atoms with Crippen LogP contribution in [0.3, 0.4) is 0 Å². The number of amides is 2. The maximum atomic E-state index is 12.1. The summed E-state index contributed by atoms with van der Waals surface area (Å²) in [6.45, 7) is 4.77. The van der Waals surface area contributed by atoms with Gasteiger partial charge in [0.15, 0.2) is 0 Å². The van der Waals surface area contributed by atoms with E-state index in [0.717, 1.165) is 31.5 Å². The van der Waals surface area contributed by atoms with Crippen molar-refractivity contribution < 1.29 is 14.7 Å². The number of nitrogens with zero attached hydrogens (tertiary/aromatic N) is 4. The van der Waals surface area contributed by atoms with E-state index in [0.29, 0.717) is 32.6 Å². The van der Waals surface area contributed by atoms with E-state index in [1.807, 2.05) is 19.4 Å². The number of carbonyl (C=O) groups is 2. The predicted molar refractivity (Wildman–Crippen MR) is 81.6 cm³/mol. The Hall–Kier alpha value is -2.05. The molecule has 2 rings (SSSR count). The average molecular weight is 308 g/mol. The summed E-state index contributed by atoms with van der Waals surface area (Å²) in [6.07, 6.45) is 6.44. The van der Waals surface area contributed by atoms with Gasteiger partial charge in [-0.2, -0.15) is 0 Å². The van der Waals surface area contributed by atoms with Crippen LogP contribution in [0.4, 0.5) is 4.79 Å². The molecule has 2 heterocycles. The van der Waals surface area contributed by atoms with Gasteiger partial charge in [-0.05, 0) is 19.8 Å². The zero-order valence-corrected chi connectivity index (χ0v) is 13.1. The zero-order valence-electron chi connectivity index (χ0n) is 13.1. The van der Waals surface area contributed by atoms with Gasteiger partial charge in [-0.25, -0.2) is 9.78 Å². The highest BCUT2D eigenvalue weighted by Gasteiger charge is 2.23. The van der Waals surface area contributed by atoms with Gasteiger partial charge in [0.2, 0.25) is 5.91 Å². The third-order valence-corrected chi connectivity index (χ3v) is 3.97. The molecule has 122 valence electrons. The topological polar surface area (TPSA) is 78.7 Å². The third kappa shape index (κ3) is 4.75. The predicted octanol–water partition coefficient (Wildman–Crippen LogP) is 1.57. The van der Waals surface area contributed by atoms with Crippen LogP contribution >= 0.6 is 0 Å². The van der Waals surface area contributed by atoms with Gasteiger partial charge in [0.1, 0.15) is 0 Å². The van der Waals surface area contributed by atoms with E-state index in [9.17, 15) is 9.59 Å². The molecule has 1 N–H and O–H groups in total. The maximum Gasteiger partial charge on any atom is 0.407 e. The molecule has 1 fully saturated rings. The molecule has 0 unspecified atom stereocenters. The molecule has 0 atom stereocenters. The SMILES string of the molecule is Cc1cn(CCCCCC(=O)N2CCN(C(=O)O)CC2)cn1. The minimum absolute atomic E-state index is 0.142. The van der Waals surface area contributed by atoms with Crippen LogP contribution in [0.5, 0.6) is 0 Å². The number of rotatable bonds is 6. The molecule has 1 aromatic rings. The Morgan fingerprint density at radius 3 is 2.41 bits per heavy atom. The van der Waals surface area contributed by atoms with Gasteiger partial charge in [-0.1, -0.05) is 6.42 Å². The summed E-state index contributed by atoms with van der Waals surface area (Å²) in [7, 11) is 0. The molecule has 1 aromatic heterocycles. The second kappa shape index (κ2) is 7.82. The van der Waals surface area contributed by atoms with Crippen LogP contribution in [-0.4, -0.2) is 62.6 Å². The fraction of sp³-hybridized carbons (Fsp3) is 0.667. The number of imidazole rings is 1. The van der Waals surface area contributed by atoms with E-state index in [-0.39, 0.29) is 5.91 Å². The molecule has 0 aliphatic carbocycles. The second-order valence-corrected chi connectivity index (χ2v) is 5.71. The lowest BCUT2D eigenvalue weighted by Crippen LogP contribution is -2.50. The van der Waals surface area contributed by atoms with Crippen LogP contribution < -0.4 is 0 Å². The first kappa shape index (κ1) is 16.3. The number of hydrogen-bond donors (Lipinski definition) is 1. The van der Waals surface area contributed by atoms with Gasteiger partial charge >= 0.3 is 6.09 Å². The van der Waals surface area contributed by atoms with Crippen LogP contribution in [0.2, 0.25) is 0 Å². The lowest BCUT2D eigenvalue weighted by molar-refractivity contribution is -0.132. The highest BCUT2D eigenvalue weighted by Crippen LogP contribution is 2.08. The lowest BCUT2D eigenvalue weighted by atomic mass is 10.1. The van der Waals surface area contributed by atoms with Gasteiger partial charge in [0.25, 0.3) is 0 Å². The van der Waals surface area contributed by atoms with Crippen LogP contribution in [-0.2, 0) is 11.3 Å². The van der Waals surface area contributed by atoms with Crippen molar-refractivity contribution in [1.82, 2.24) is 19.4 Å². The summed E-state index contributed by atoms with van der Waals surface area (Å²) in [6, 6.07) is 0. The maximum absolute atomic E-state index is 12.1. The van der Waals surface area contributed by atoms with Gasteiger partial charge in [0.05, 0.1) is 12.0 Å². The number of unbranched alkanes of at least 4 members (excludes halogenated alkanes) is 2. The van der Waals surface area contributed by atoms with E-state index in [2.05, 4.69) is 9.55 Å². The summed E-state index contributed by atoms with van der Waals surface area (Å²) in [5.41, 5.74) is 1.02. The molecule has 0 saturated carbocycles. The number of aryl methyl sites for hydroxylation is 2. The molecule has 7 heteroatoms. The Kier molecular flexibility index (Phi) is 5.80. The molecule has 0 bridgehead atoms. The molecule has 0 spiro atoms. The summed E-state index contributed by atoms with van der Waals surface area (Å²) >= 11 is 0. The zero-order chi connectivity index (χ0) is 15.9. The minimum Gasteiger partial charge on any atom is -0.465 e. The van der Waals surface area contributed by atoms with Gasteiger partial charge in [-0.15, -0.1) is 0 Å². The van der Waals surface area contributed by atoms with E-state index >= 15 is 0 Å². The standard InChI is InChI=1S/C15H24N4O3/c1-13-11-17(12-16-13)6-4-2-3-5-14(20)18-7-9-19(10-8-18)15(21)22/h11-12H,2-10H2,1H3,(H,21,22). The van der Waals surface area contributed by atoms with E-state index in [4.69, 9.17) is 5.11 Å². The number of hydrogen-bond acceptors (Lipinski definition) is 3. The fourth-order valence-electron chi connectivity index (χ4n) is 2.65. The van der Waals surface area contributed by atoms with Crippen molar-refractivity contribution in [3.8, 4) is 0 Å². The van der Waals surface area contributed by atoms with E-state index in [1.54, 1.807) is 4.90 Å². The summed E-state index contributed by atoms with van der Waals surface area (Å²) in [5.74, 6) is 0.142. The summed E-state index contributed by atoms with van der Waals surface area (Å²) in [5, 5.41) is 8.88. The van der Waals surface area contributed by atoms with Crippen LogP contribution in [0.15, 0.2) is 12.5 Å². The lowest BCUT2D eigenvalue weighted by Gasteiger charge is -2.33. The van der Waals surface area contributed by atoms with Crippen LogP contribution in [0.25, 0.3) is 0 Å². The first-order chi connectivity index (χ1) is 10.6. The van der Waals surface area contributed by atoms with Crippen LogP contribution in [0.1, 0.15) is 31.4 Å². The van der Waals surface area contributed by atoms with E-state index in [1.165, 1.54) is 4.90 Å². The number of piperazine rings is 1. The monoisotopic (exact) mass is 308 g/mol. The molecule has 7 nitrogen and oxygen atoms in total. The van der Waals surface area contributed by atoms with Crippen molar-refractivity contribution in [2.45, 2.75) is 39.2 Å². The average Bonchev–Trinajstić information content (AvgIpc) is 2.92. The molecular weight excluding hydrogens is 284 g/mol. The first-order valence-electron chi connectivity index (χ1n) is 7.80. The fourth-order valence-corrected chi connectivity index (χ4v) is 2.65. The van der Waals surface area contributed by atoms with Crippen molar-refractivity contribution in [2.24, 2.45) is 0 Å². The van der Waals surface area contributed by atoms with Gasteiger partial charge < -0.3 is 19.5 Å². The molecule has 0 aromatic carbocycles. The Morgan fingerprint density at radius 1 is 1.14 bits per heavy atom. The number of aromatic nitrogens is 2. The van der Waals surface area contributed by atoms with Crippen molar-refractivity contribution in [3.05, 3.63) is 18.2 Å². The largest absolute Gasteiger partial charge is 0.465 e. The van der Waals surface area contributed by atoms with Crippen LogP contribution in [0, 0.1) is 6.92 Å². The highest BCUT2D eigenvalue weighted by molar-refractivity contribution is 5.76. The molecular formula is C15H24N4O3. The van der Waals surface area contributed by atoms with Gasteiger partial charge in [-0.3, -0.25) is 4.79 Å². The smallest absolute Gasteiger partial charge is 0.407 e. The first-order valence-corrected chi connectivity index (χ1v) is 7.80. The van der Waals surface area contributed by atoms with Crippen molar-refractivity contribution in [1.29, 1.82) is 0 Å². The third-order valence-electron chi connectivity index (χ3n) is 3.97. The Balaban J connectivity index is 1.57. The van der Waals surface area contributed by atoms with E-state index < -0.39 is 6.09 Å². The van der Waals surface area contributed by atoms with Crippen molar-refractivity contribution in [3.63, 3.8) is 0 Å². The molecule has 22 heavy (non-hydrogen) atoms. The summed E-state index contributed by atoms with van der Waals surface area (Å²) < 4.78 is 2.07. The van der Waals surface area contributed by atoms with Crippen molar-refractivity contribution >= 4 is 12.0 Å². The second-order valence-electron chi connectivity index (χ2n) is 5.71. The van der Waals surface area contributed by atoms with Gasteiger partial charge in [0, 0.05) is 45.3 Å². The minimum atomic E-state index is -0.901. The van der Waals surface area contributed by atoms with Crippen molar-refractivity contribution in [2.75, 3.05) is 26.2 Å². The number of carboxylic acid groups (broad SMARTS) is 1. The normalized spacial score (nSPS) is 15.1. The Bertz CT molecular complexity index is 507. The molecule has 1 aliphatic heterocycles. The number of carbonyl (C=O) groups excluding carboxylic acids is 1. The Morgan fingerprint density at radius 2 is 1.82 bits per heavy atom. The highest BCUT2D eigenvalue weighted by atomic mass is 16.4. The summed E-state index contributed by atoms with van der Waals surface area (Å²) in [4.78, 5) is 30.2.